The zero-order chi connectivity index (χ0) is 15.4. The van der Waals surface area contributed by atoms with Crippen LogP contribution in [0.15, 0.2) is 22.7 Å². The van der Waals surface area contributed by atoms with E-state index in [0.717, 1.165) is 32.5 Å². The Morgan fingerprint density at radius 3 is 2.71 bits per heavy atom. The van der Waals surface area contributed by atoms with Crippen molar-refractivity contribution in [2.75, 3.05) is 19.6 Å². The van der Waals surface area contributed by atoms with E-state index in [9.17, 15) is 14.9 Å². The maximum Gasteiger partial charge on any atom is 0.284 e. The van der Waals surface area contributed by atoms with Gasteiger partial charge in [0.15, 0.2) is 0 Å². The fraction of sp³-hybridized carbons (Fsp3) is 0.500. The molecule has 0 spiro atoms. The van der Waals surface area contributed by atoms with Crippen LogP contribution in [0.5, 0.6) is 0 Å². The molecule has 0 unspecified atom stereocenters. The van der Waals surface area contributed by atoms with E-state index >= 15 is 0 Å². The molecule has 114 valence electrons. The summed E-state index contributed by atoms with van der Waals surface area (Å²) < 4.78 is 0.375. The Morgan fingerprint density at radius 1 is 1.48 bits per heavy atom. The van der Waals surface area contributed by atoms with Crippen LogP contribution in [0.2, 0.25) is 0 Å². The summed E-state index contributed by atoms with van der Waals surface area (Å²) in [4.78, 5) is 24.9. The number of piperidine rings is 1. The molecule has 0 aromatic heterocycles. The lowest BCUT2D eigenvalue weighted by atomic mass is 10.0. The van der Waals surface area contributed by atoms with E-state index in [1.807, 2.05) is 0 Å². The van der Waals surface area contributed by atoms with Gasteiger partial charge in [0, 0.05) is 30.8 Å². The smallest absolute Gasteiger partial charge is 0.284 e. The van der Waals surface area contributed by atoms with Crippen LogP contribution in [-0.4, -0.2) is 41.4 Å². The molecule has 6 nitrogen and oxygen atoms in total. The minimum absolute atomic E-state index is 0.0940. The first kappa shape index (κ1) is 15.9. The van der Waals surface area contributed by atoms with E-state index in [-0.39, 0.29) is 17.6 Å². The lowest BCUT2D eigenvalue weighted by molar-refractivity contribution is -0.385. The molecule has 1 aliphatic rings. The summed E-state index contributed by atoms with van der Waals surface area (Å²) in [5, 5.41) is 13.9. The molecule has 7 heteroatoms. The van der Waals surface area contributed by atoms with Crippen LogP contribution in [0, 0.1) is 10.1 Å². The standard InChI is InChI=1S/C14H18BrN3O3/c1-2-17-7-5-11(6-8-17)16-14(19)10-3-4-12(15)13(9-10)18(20)21/h3-4,9,11H,2,5-8H2,1H3,(H,16,19). The Kier molecular flexibility index (Phi) is 5.30. The van der Waals surface area contributed by atoms with Gasteiger partial charge in [0.2, 0.25) is 0 Å². The van der Waals surface area contributed by atoms with E-state index < -0.39 is 4.92 Å². The van der Waals surface area contributed by atoms with Crippen molar-refractivity contribution in [3.05, 3.63) is 38.3 Å². The van der Waals surface area contributed by atoms with Gasteiger partial charge in [0.25, 0.3) is 11.6 Å². The van der Waals surface area contributed by atoms with Crippen molar-refractivity contribution in [2.45, 2.75) is 25.8 Å². The van der Waals surface area contributed by atoms with E-state index in [1.54, 1.807) is 6.07 Å². The third kappa shape index (κ3) is 4.01. The SMILES string of the molecule is CCN1CCC(NC(=O)c2ccc(Br)c([N+](=O)[O-])c2)CC1. The maximum absolute atomic E-state index is 12.2. The molecule has 0 aliphatic carbocycles. The number of amides is 1. The number of nitro groups is 1. The van der Waals surface area contributed by atoms with E-state index in [1.165, 1.54) is 12.1 Å². The van der Waals surface area contributed by atoms with Gasteiger partial charge in [0.05, 0.1) is 9.40 Å². The Hall–Kier alpha value is -1.47. The molecule has 1 aromatic carbocycles. The normalized spacial score (nSPS) is 16.7. The highest BCUT2D eigenvalue weighted by molar-refractivity contribution is 9.10. The molecule has 0 atom stereocenters. The van der Waals surface area contributed by atoms with Gasteiger partial charge >= 0.3 is 0 Å². The van der Waals surface area contributed by atoms with Crippen molar-refractivity contribution in [3.8, 4) is 0 Å². The van der Waals surface area contributed by atoms with Gasteiger partial charge in [-0.25, -0.2) is 0 Å². The summed E-state index contributed by atoms with van der Waals surface area (Å²) in [6, 6.07) is 4.57. The van der Waals surface area contributed by atoms with Gasteiger partial charge in [-0.15, -0.1) is 0 Å². The number of hydrogen-bond acceptors (Lipinski definition) is 4. The Labute approximate surface area is 131 Å². The monoisotopic (exact) mass is 355 g/mol. The second kappa shape index (κ2) is 7.00. The topological polar surface area (TPSA) is 75.5 Å². The molecule has 1 N–H and O–H groups in total. The minimum atomic E-state index is -0.499. The predicted molar refractivity (Wildman–Crippen MR) is 83.4 cm³/mol. The molecular formula is C14H18BrN3O3. The molecule has 2 rings (SSSR count). The summed E-state index contributed by atoms with van der Waals surface area (Å²) in [5.41, 5.74) is 0.228. The fourth-order valence-corrected chi connectivity index (χ4v) is 2.85. The zero-order valence-corrected chi connectivity index (χ0v) is 13.4. The molecule has 0 saturated carbocycles. The number of carbonyl (C=O) groups excluding carboxylic acids is 1. The summed E-state index contributed by atoms with van der Waals surface area (Å²) in [7, 11) is 0. The Morgan fingerprint density at radius 2 is 2.14 bits per heavy atom. The van der Waals surface area contributed by atoms with Crippen molar-refractivity contribution in [3.63, 3.8) is 0 Å². The van der Waals surface area contributed by atoms with Crippen LogP contribution >= 0.6 is 15.9 Å². The molecule has 1 heterocycles. The van der Waals surface area contributed by atoms with Gasteiger partial charge in [-0.2, -0.15) is 0 Å². The maximum atomic E-state index is 12.2. The highest BCUT2D eigenvalue weighted by Crippen LogP contribution is 2.25. The number of halogens is 1. The summed E-state index contributed by atoms with van der Waals surface area (Å²) in [6.07, 6.45) is 1.83. The number of benzene rings is 1. The number of nitrogens with zero attached hydrogens (tertiary/aromatic N) is 2. The highest BCUT2D eigenvalue weighted by atomic mass is 79.9. The number of nitro benzene ring substituents is 1. The Bertz CT molecular complexity index is 542. The lowest BCUT2D eigenvalue weighted by Crippen LogP contribution is -2.44. The van der Waals surface area contributed by atoms with Crippen molar-refractivity contribution in [1.29, 1.82) is 0 Å². The highest BCUT2D eigenvalue weighted by Gasteiger charge is 2.21. The first-order valence-corrected chi connectivity index (χ1v) is 7.77. The molecule has 21 heavy (non-hydrogen) atoms. The predicted octanol–water partition coefficient (Wildman–Crippen LogP) is 2.57. The largest absolute Gasteiger partial charge is 0.349 e. The van der Waals surface area contributed by atoms with Crippen LogP contribution in [0.3, 0.4) is 0 Å². The zero-order valence-electron chi connectivity index (χ0n) is 11.8. The van der Waals surface area contributed by atoms with Crippen molar-refractivity contribution < 1.29 is 9.72 Å². The van der Waals surface area contributed by atoms with Crippen LogP contribution in [-0.2, 0) is 0 Å². The van der Waals surface area contributed by atoms with Crippen LogP contribution in [0.25, 0.3) is 0 Å². The van der Waals surface area contributed by atoms with Gasteiger partial charge in [-0.3, -0.25) is 14.9 Å². The number of nitrogens with one attached hydrogen (secondary N) is 1. The quantitative estimate of drug-likeness (QED) is 0.665. The first-order chi connectivity index (χ1) is 10.0. The van der Waals surface area contributed by atoms with Crippen molar-refractivity contribution >= 4 is 27.5 Å². The fourth-order valence-electron chi connectivity index (χ4n) is 2.46. The molecule has 1 fully saturated rings. The molecule has 1 aliphatic heterocycles. The van der Waals surface area contributed by atoms with E-state index in [2.05, 4.69) is 33.1 Å². The van der Waals surface area contributed by atoms with Crippen LogP contribution < -0.4 is 5.32 Å². The van der Waals surface area contributed by atoms with Crippen molar-refractivity contribution in [2.24, 2.45) is 0 Å². The number of carbonyl (C=O) groups is 1. The number of hydrogen-bond donors (Lipinski definition) is 1. The average molecular weight is 356 g/mol. The third-order valence-electron chi connectivity index (χ3n) is 3.78. The lowest BCUT2D eigenvalue weighted by Gasteiger charge is -2.31. The molecule has 1 saturated heterocycles. The summed E-state index contributed by atoms with van der Waals surface area (Å²) in [6.45, 7) is 5.10. The minimum Gasteiger partial charge on any atom is -0.349 e. The van der Waals surface area contributed by atoms with Gasteiger partial charge in [-0.1, -0.05) is 6.92 Å². The molecular weight excluding hydrogens is 338 g/mol. The number of likely N-dealkylation sites (tertiary alicyclic amines) is 1. The van der Waals surface area contributed by atoms with Crippen molar-refractivity contribution in [1.82, 2.24) is 10.2 Å². The first-order valence-electron chi connectivity index (χ1n) is 6.98. The number of rotatable bonds is 4. The summed E-state index contributed by atoms with van der Waals surface area (Å²) >= 11 is 3.11. The summed E-state index contributed by atoms with van der Waals surface area (Å²) in [5.74, 6) is -0.249. The second-order valence-electron chi connectivity index (χ2n) is 5.11. The molecule has 1 amide bonds. The van der Waals surface area contributed by atoms with Gasteiger partial charge in [0.1, 0.15) is 0 Å². The van der Waals surface area contributed by atoms with E-state index in [0.29, 0.717) is 10.0 Å². The second-order valence-corrected chi connectivity index (χ2v) is 5.96. The molecule has 0 bridgehead atoms. The third-order valence-corrected chi connectivity index (χ3v) is 4.45. The molecule has 0 radical (unpaired) electrons. The van der Waals surface area contributed by atoms with Crippen LogP contribution in [0.1, 0.15) is 30.1 Å². The van der Waals surface area contributed by atoms with Gasteiger partial charge in [-0.05, 0) is 47.4 Å². The average Bonchev–Trinajstić information content (AvgIpc) is 2.48. The molecule has 1 aromatic rings. The van der Waals surface area contributed by atoms with Gasteiger partial charge < -0.3 is 10.2 Å². The Balaban J connectivity index is 2.01. The van der Waals surface area contributed by atoms with Crippen LogP contribution in [0.4, 0.5) is 5.69 Å². The van der Waals surface area contributed by atoms with E-state index in [4.69, 9.17) is 0 Å².